The van der Waals surface area contributed by atoms with Gasteiger partial charge in [-0.05, 0) is 12.0 Å². The van der Waals surface area contributed by atoms with Gasteiger partial charge in [0.1, 0.15) is 5.75 Å². The SMILES string of the molecule is CC(C)COc1ccccc1CN(C)C(=O)CCNS(C)(=O)=O. The summed E-state index contributed by atoms with van der Waals surface area (Å²) in [6, 6.07) is 7.62. The highest BCUT2D eigenvalue weighted by atomic mass is 32.2. The van der Waals surface area contributed by atoms with Crippen LogP contribution in [0.1, 0.15) is 25.8 Å². The van der Waals surface area contributed by atoms with Gasteiger partial charge < -0.3 is 9.64 Å². The van der Waals surface area contributed by atoms with Crippen LogP contribution in [0.15, 0.2) is 24.3 Å². The van der Waals surface area contributed by atoms with Crippen LogP contribution in [0.5, 0.6) is 5.75 Å². The molecule has 0 aliphatic carbocycles. The molecule has 1 aromatic carbocycles. The molecule has 0 aliphatic rings. The highest BCUT2D eigenvalue weighted by molar-refractivity contribution is 7.88. The van der Waals surface area contributed by atoms with E-state index in [1.165, 1.54) is 0 Å². The van der Waals surface area contributed by atoms with Crippen LogP contribution in [0.2, 0.25) is 0 Å². The summed E-state index contributed by atoms with van der Waals surface area (Å²) in [5.74, 6) is 1.07. The molecule has 0 fully saturated rings. The third-order valence-electron chi connectivity index (χ3n) is 3.08. The Morgan fingerprint density at radius 1 is 1.30 bits per heavy atom. The number of hydrogen-bond acceptors (Lipinski definition) is 4. The zero-order valence-electron chi connectivity index (χ0n) is 14.2. The summed E-state index contributed by atoms with van der Waals surface area (Å²) in [4.78, 5) is 13.6. The van der Waals surface area contributed by atoms with Crippen LogP contribution in [0.4, 0.5) is 0 Å². The Morgan fingerprint density at radius 3 is 2.57 bits per heavy atom. The number of nitrogens with one attached hydrogen (secondary N) is 1. The second-order valence-corrected chi connectivity index (χ2v) is 7.81. The fourth-order valence-electron chi connectivity index (χ4n) is 1.91. The van der Waals surface area contributed by atoms with E-state index in [4.69, 9.17) is 4.74 Å². The molecule has 0 atom stereocenters. The van der Waals surface area contributed by atoms with Crippen molar-refractivity contribution >= 4 is 15.9 Å². The van der Waals surface area contributed by atoms with Crippen LogP contribution in [0, 0.1) is 5.92 Å². The minimum absolute atomic E-state index is 0.105. The van der Waals surface area contributed by atoms with E-state index >= 15 is 0 Å². The number of para-hydroxylation sites is 1. The number of benzene rings is 1. The molecule has 0 saturated carbocycles. The second kappa shape index (κ2) is 8.88. The fourth-order valence-corrected chi connectivity index (χ4v) is 2.38. The molecule has 1 rings (SSSR count). The molecule has 23 heavy (non-hydrogen) atoms. The molecule has 1 aromatic rings. The standard InChI is InChI=1S/C16H26N2O4S/c1-13(2)12-22-15-8-6-5-7-14(15)11-18(3)16(19)9-10-17-23(4,20)21/h5-8,13,17H,9-12H2,1-4H3. The zero-order chi connectivity index (χ0) is 17.5. The number of hydrogen-bond donors (Lipinski definition) is 1. The first kappa shape index (κ1) is 19.4. The Kier molecular flexibility index (Phi) is 7.51. The molecule has 0 aromatic heterocycles. The van der Waals surface area contributed by atoms with Crippen molar-refractivity contribution < 1.29 is 17.9 Å². The van der Waals surface area contributed by atoms with Crippen LogP contribution in [0.3, 0.4) is 0 Å². The van der Waals surface area contributed by atoms with Crippen molar-refractivity contribution in [2.24, 2.45) is 5.92 Å². The van der Waals surface area contributed by atoms with Gasteiger partial charge in [0.15, 0.2) is 0 Å². The first-order valence-electron chi connectivity index (χ1n) is 7.58. The third kappa shape index (κ3) is 7.99. The first-order valence-corrected chi connectivity index (χ1v) is 9.47. The molecule has 130 valence electrons. The molecule has 0 heterocycles. The number of ether oxygens (including phenoxy) is 1. The average molecular weight is 342 g/mol. The highest BCUT2D eigenvalue weighted by Gasteiger charge is 2.13. The molecule has 0 aliphatic heterocycles. The van der Waals surface area contributed by atoms with Gasteiger partial charge in [-0.15, -0.1) is 0 Å². The van der Waals surface area contributed by atoms with Gasteiger partial charge in [0.2, 0.25) is 15.9 Å². The fraction of sp³-hybridized carbons (Fsp3) is 0.562. The normalized spacial score (nSPS) is 11.5. The largest absolute Gasteiger partial charge is 0.493 e. The number of carbonyl (C=O) groups is 1. The van der Waals surface area contributed by atoms with Gasteiger partial charge in [0.05, 0.1) is 12.9 Å². The number of rotatable bonds is 9. The third-order valence-corrected chi connectivity index (χ3v) is 3.81. The minimum Gasteiger partial charge on any atom is -0.493 e. The summed E-state index contributed by atoms with van der Waals surface area (Å²) < 4.78 is 30.1. The summed E-state index contributed by atoms with van der Waals surface area (Å²) >= 11 is 0. The lowest BCUT2D eigenvalue weighted by Gasteiger charge is -2.20. The van der Waals surface area contributed by atoms with Crippen LogP contribution in [0.25, 0.3) is 0 Å². The molecule has 0 saturated heterocycles. The minimum atomic E-state index is -3.27. The van der Waals surface area contributed by atoms with E-state index < -0.39 is 10.0 Å². The van der Waals surface area contributed by atoms with Crippen LogP contribution in [-0.4, -0.2) is 45.7 Å². The van der Waals surface area contributed by atoms with Crippen molar-refractivity contribution in [1.82, 2.24) is 9.62 Å². The number of sulfonamides is 1. The quantitative estimate of drug-likeness (QED) is 0.740. The molecular weight excluding hydrogens is 316 g/mol. The van der Waals surface area contributed by atoms with Crippen molar-refractivity contribution in [1.29, 1.82) is 0 Å². The Bertz CT molecular complexity index is 614. The van der Waals surface area contributed by atoms with Crippen LogP contribution < -0.4 is 9.46 Å². The van der Waals surface area contributed by atoms with Crippen molar-refractivity contribution in [3.05, 3.63) is 29.8 Å². The maximum Gasteiger partial charge on any atom is 0.223 e. The van der Waals surface area contributed by atoms with Gasteiger partial charge >= 0.3 is 0 Å². The van der Waals surface area contributed by atoms with Gasteiger partial charge in [-0.3, -0.25) is 4.79 Å². The molecule has 1 amide bonds. The average Bonchev–Trinajstić information content (AvgIpc) is 2.44. The molecule has 7 heteroatoms. The zero-order valence-corrected chi connectivity index (χ0v) is 15.0. The molecule has 0 radical (unpaired) electrons. The first-order chi connectivity index (χ1) is 10.7. The maximum atomic E-state index is 12.1. The predicted octanol–water partition coefficient (Wildman–Crippen LogP) is 1.62. The molecule has 1 N–H and O–H groups in total. The van der Waals surface area contributed by atoms with Crippen molar-refractivity contribution in [3.63, 3.8) is 0 Å². The van der Waals surface area contributed by atoms with E-state index in [9.17, 15) is 13.2 Å². The maximum absolute atomic E-state index is 12.1. The van der Waals surface area contributed by atoms with Crippen molar-refractivity contribution in [2.75, 3.05) is 26.5 Å². The monoisotopic (exact) mass is 342 g/mol. The lowest BCUT2D eigenvalue weighted by molar-refractivity contribution is -0.130. The van der Waals surface area contributed by atoms with Gasteiger partial charge in [0, 0.05) is 32.1 Å². The van der Waals surface area contributed by atoms with Gasteiger partial charge in [-0.2, -0.15) is 0 Å². The van der Waals surface area contributed by atoms with E-state index in [0.29, 0.717) is 19.1 Å². The summed E-state index contributed by atoms with van der Waals surface area (Å²) in [5, 5.41) is 0. The Hall–Kier alpha value is -1.60. The van der Waals surface area contributed by atoms with Gasteiger partial charge in [-0.25, -0.2) is 13.1 Å². The lowest BCUT2D eigenvalue weighted by Crippen LogP contribution is -2.31. The molecule has 6 nitrogen and oxygen atoms in total. The van der Waals surface area contributed by atoms with Crippen molar-refractivity contribution in [2.45, 2.75) is 26.8 Å². The van der Waals surface area contributed by atoms with Gasteiger partial charge in [-0.1, -0.05) is 32.0 Å². The highest BCUT2D eigenvalue weighted by Crippen LogP contribution is 2.20. The summed E-state index contributed by atoms with van der Waals surface area (Å²) in [5.41, 5.74) is 0.931. The molecule has 0 bridgehead atoms. The van der Waals surface area contributed by atoms with E-state index in [-0.39, 0.29) is 18.9 Å². The van der Waals surface area contributed by atoms with E-state index in [0.717, 1.165) is 17.6 Å². The lowest BCUT2D eigenvalue weighted by atomic mass is 10.2. The summed E-state index contributed by atoms with van der Waals surface area (Å²) in [6.45, 7) is 5.30. The van der Waals surface area contributed by atoms with Crippen LogP contribution >= 0.6 is 0 Å². The smallest absolute Gasteiger partial charge is 0.223 e. The van der Waals surface area contributed by atoms with E-state index in [1.54, 1.807) is 11.9 Å². The molecular formula is C16H26N2O4S. The summed E-state index contributed by atoms with van der Waals surface area (Å²) in [7, 11) is -1.57. The van der Waals surface area contributed by atoms with Crippen LogP contribution in [-0.2, 0) is 21.4 Å². The van der Waals surface area contributed by atoms with E-state index in [2.05, 4.69) is 18.6 Å². The van der Waals surface area contributed by atoms with E-state index in [1.807, 2.05) is 24.3 Å². The number of amides is 1. The van der Waals surface area contributed by atoms with Crippen molar-refractivity contribution in [3.8, 4) is 5.75 Å². The molecule has 0 unspecified atom stereocenters. The Balaban J connectivity index is 2.59. The number of nitrogens with zero attached hydrogens (tertiary/aromatic N) is 1. The Morgan fingerprint density at radius 2 is 1.96 bits per heavy atom. The van der Waals surface area contributed by atoms with Gasteiger partial charge in [0.25, 0.3) is 0 Å². The predicted molar refractivity (Wildman–Crippen MR) is 90.7 cm³/mol. The second-order valence-electron chi connectivity index (χ2n) is 5.98. The molecule has 0 spiro atoms. The summed E-state index contributed by atoms with van der Waals surface area (Å²) in [6.07, 6.45) is 1.20. The number of carbonyl (C=O) groups excluding carboxylic acids is 1. The Labute approximate surface area is 138 Å². The topological polar surface area (TPSA) is 75.7 Å².